The molecule has 0 bridgehead atoms. The van der Waals surface area contributed by atoms with Crippen molar-refractivity contribution in [1.82, 2.24) is 9.88 Å². The number of thiazole rings is 1. The second kappa shape index (κ2) is 8.34. The van der Waals surface area contributed by atoms with Crippen molar-refractivity contribution in [2.75, 3.05) is 26.2 Å². The molecule has 0 radical (unpaired) electrons. The maximum absolute atomic E-state index is 11.9. The molecule has 0 atom stereocenters. The second-order valence-electron chi connectivity index (χ2n) is 4.37. The summed E-state index contributed by atoms with van der Waals surface area (Å²) in [6.45, 7) is 6.53. The quantitative estimate of drug-likeness (QED) is 0.698. The van der Waals surface area contributed by atoms with Gasteiger partial charge in [0.2, 0.25) is 0 Å². The van der Waals surface area contributed by atoms with Gasteiger partial charge in [0.05, 0.1) is 6.61 Å². The van der Waals surface area contributed by atoms with Crippen molar-refractivity contribution in [2.45, 2.75) is 33.1 Å². The first-order chi connectivity index (χ1) is 8.67. The highest BCUT2D eigenvalue weighted by Gasteiger charge is 2.12. The first-order valence-electron chi connectivity index (χ1n) is 6.46. The number of ketones is 1. The van der Waals surface area contributed by atoms with E-state index in [0.717, 1.165) is 24.3 Å². The topological polar surface area (TPSA) is 53.4 Å². The molecule has 102 valence electrons. The lowest BCUT2D eigenvalue weighted by Crippen LogP contribution is -2.30. The minimum atomic E-state index is 0.104. The minimum Gasteiger partial charge on any atom is -0.395 e. The van der Waals surface area contributed by atoms with Crippen LogP contribution in [0.15, 0.2) is 6.20 Å². The number of aliphatic hydroxyl groups excluding tert-OH is 1. The molecule has 0 unspecified atom stereocenters. The lowest BCUT2D eigenvalue weighted by atomic mass is 10.2. The Morgan fingerprint density at radius 2 is 2.22 bits per heavy atom. The summed E-state index contributed by atoms with van der Waals surface area (Å²) in [7, 11) is 0. The SMILES string of the molecule is CCCCN(CCO)CCC(=O)c1ncc(C)s1. The number of rotatable bonds is 9. The molecule has 4 nitrogen and oxygen atoms in total. The van der Waals surface area contributed by atoms with Gasteiger partial charge in [-0.3, -0.25) is 4.79 Å². The average molecular weight is 270 g/mol. The highest BCUT2D eigenvalue weighted by atomic mass is 32.1. The van der Waals surface area contributed by atoms with Gasteiger partial charge in [0.1, 0.15) is 0 Å². The normalized spacial score (nSPS) is 11.1. The van der Waals surface area contributed by atoms with E-state index in [4.69, 9.17) is 5.11 Å². The highest BCUT2D eigenvalue weighted by Crippen LogP contribution is 2.13. The molecule has 0 aliphatic rings. The maximum Gasteiger partial charge on any atom is 0.192 e. The smallest absolute Gasteiger partial charge is 0.192 e. The number of aromatic nitrogens is 1. The van der Waals surface area contributed by atoms with Gasteiger partial charge in [-0.15, -0.1) is 11.3 Å². The Kier molecular flexibility index (Phi) is 7.08. The summed E-state index contributed by atoms with van der Waals surface area (Å²) in [4.78, 5) is 19.2. The van der Waals surface area contributed by atoms with Crippen LogP contribution >= 0.6 is 11.3 Å². The van der Waals surface area contributed by atoms with E-state index in [-0.39, 0.29) is 12.4 Å². The number of hydrogen-bond donors (Lipinski definition) is 1. The number of nitrogens with zero attached hydrogens (tertiary/aromatic N) is 2. The molecule has 1 rings (SSSR count). The molecular formula is C13H22N2O2S. The van der Waals surface area contributed by atoms with E-state index in [9.17, 15) is 4.79 Å². The third kappa shape index (κ3) is 5.25. The molecule has 0 amide bonds. The number of Topliss-reactive ketones (excluding diaryl/α,β-unsaturated/α-hetero) is 1. The minimum absolute atomic E-state index is 0.104. The third-order valence-corrected chi connectivity index (χ3v) is 3.71. The number of unbranched alkanes of at least 4 members (excludes halogenated alkanes) is 1. The van der Waals surface area contributed by atoms with Gasteiger partial charge in [-0.25, -0.2) is 4.98 Å². The molecule has 1 aromatic rings. The van der Waals surface area contributed by atoms with Crippen LogP contribution < -0.4 is 0 Å². The predicted octanol–water partition coefficient (Wildman–Crippen LogP) is 2.12. The molecule has 0 aliphatic heterocycles. The summed E-state index contributed by atoms with van der Waals surface area (Å²) >= 11 is 1.45. The largest absolute Gasteiger partial charge is 0.395 e. The van der Waals surface area contributed by atoms with Crippen LogP contribution in [0.25, 0.3) is 0 Å². The van der Waals surface area contributed by atoms with E-state index in [0.29, 0.717) is 24.5 Å². The zero-order valence-corrected chi connectivity index (χ0v) is 12.0. The molecule has 1 aromatic heterocycles. The molecule has 1 heterocycles. The maximum atomic E-state index is 11.9. The van der Waals surface area contributed by atoms with E-state index in [2.05, 4.69) is 16.8 Å². The standard InChI is InChI=1S/C13H22N2O2S/c1-3-4-6-15(8-9-16)7-5-12(17)13-14-10-11(2)18-13/h10,16H,3-9H2,1-2H3. The molecule has 5 heteroatoms. The van der Waals surface area contributed by atoms with Gasteiger partial charge in [0.15, 0.2) is 10.8 Å². The molecule has 0 saturated carbocycles. The van der Waals surface area contributed by atoms with E-state index < -0.39 is 0 Å². The monoisotopic (exact) mass is 270 g/mol. The molecule has 18 heavy (non-hydrogen) atoms. The van der Waals surface area contributed by atoms with Crippen LogP contribution in [0, 0.1) is 6.92 Å². The third-order valence-electron chi connectivity index (χ3n) is 2.76. The molecule has 0 saturated heterocycles. The van der Waals surface area contributed by atoms with Crippen molar-refractivity contribution < 1.29 is 9.90 Å². The Labute approximate surface area is 113 Å². The van der Waals surface area contributed by atoms with Crippen LogP contribution in [0.4, 0.5) is 0 Å². The fourth-order valence-corrected chi connectivity index (χ4v) is 2.44. The fraction of sp³-hybridized carbons (Fsp3) is 0.692. The van der Waals surface area contributed by atoms with Crippen LogP contribution in [-0.2, 0) is 0 Å². The van der Waals surface area contributed by atoms with Gasteiger partial charge < -0.3 is 10.0 Å². The number of carbonyl (C=O) groups excluding carboxylic acids is 1. The predicted molar refractivity (Wildman–Crippen MR) is 74.2 cm³/mol. The Hall–Kier alpha value is -0.780. The van der Waals surface area contributed by atoms with Crippen LogP contribution in [0.5, 0.6) is 0 Å². The molecule has 0 aliphatic carbocycles. The van der Waals surface area contributed by atoms with Crippen molar-refractivity contribution in [3.63, 3.8) is 0 Å². The number of carbonyl (C=O) groups is 1. The van der Waals surface area contributed by atoms with Crippen molar-refractivity contribution in [3.8, 4) is 0 Å². The van der Waals surface area contributed by atoms with E-state index in [1.807, 2.05) is 6.92 Å². The average Bonchev–Trinajstić information content (AvgIpc) is 2.79. The van der Waals surface area contributed by atoms with Crippen molar-refractivity contribution in [1.29, 1.82) is 0 Å². The van der Waals surface area contributed by atoms with Crippen LogP contribution in [0.3, 0.4) is 0 Å². The molecule has 0 spiro atoms. The van der Waals surface area contributed by atoms with Crippen molar-refractivity contribution in [2.24, 2.45) is 0 Å². The summed E-state index contributed by atoms with van der Waals surface area (Å²) in [6, 6.07) is 0. The Bertz CT molecular complexity index is 366. The molecule has 1 N–H and O–H groups in total. The summed E-state index contributed by atoms with van der Waals surface area (Å²) < 4.78 is 0. The van der Waals surface area contributed by atoms with Gasteiger partial charge in [-0.05, 0) is 19.9 Å². The highest BCUT2D eigenvalue weighted by molar-refractivity contribution is 7.13. The van der Waals surface area contributed by atoms with Gasteiger partial charge in [-0.2, -0.15) is 0 Å². The zero-order chi connectivity index (χ0) is 13.4. The first kappa shape index (κ1) is 15.3. The lowest BCUT2D eigenvalue weighted by molar-refractivity contribution is 0.0956. The summed E-state index contributed by atoms with van der Waals surface area (Å²) in [5.74, 6) is 0.104. The van der Waals surface area contributed by atoms with Crippen molar-refractivity contribution in [3.05, 3.63) is 16.1 Å². The number of aryl methyl sites for hydroxylation is 1. The Morgan fingerprint density at radius 1 is 1.44 bits per heavy atom. The van der Waals surface area contributed by atoms with Crippen LogP contribution in [0.2, 0.25) is 0 Å². The summed E-state index contributed by atoms with van der Waals surface area (Å²) in [5.41, 5.74) is 0. The van der Waals surface area contributed by atoms with Crippen LogP contribution in [-0.4, -0.2) is 47.0 Å². The lowest BCUT2D eigenvalue weighted by Gasteiger charge is -2.20. The van der Waals surface area contributed by atoms with Gasteiger partial charge in [0, 0.05) is 30.6 Å². The number of aliphatic hydroxyl groups is 1. The Morgan fingerprint density at radius 3 is 2.78 bits per heavy atom. The van der Waals surface area contributed by atoms with Gasteiger partial charge in [-0.1, -0.05) is 13.3 Å². The van der Waals surface area contributed by atoms with E-state index in [1.54, 1.807) is 6.20 Å². The molecule has 0 fully saturated rings. The van der Waals surface area contributed by atoms with E-state index in [1.165, 1.54) is 11.3 Å². The summed E-state index contributed by atoms with van der Waals surface area (Å²) in [5, 5.41) is 9.59. The first-order valence-corrected chi connectivity index (χ1v) is 7.27. The van der Waals surface area contributed by atoms with Gasteiger partial charge in [0.25, 0.3) is 0 Å². The second-order valence-corrected chi connectivity index (χ2v) is 5.60. The summed E-state index contributed by atoms with van der Waals surface area (Å²) in [6.07, 6.45) is 4.45. The molecular weight excluding hydrogens is 248 g/mol. The van der Waals surface area contributed by atoms with Gasteiger partial charge >= 0.3 is 0 Å². The van der Waals surface area contributed by atoms with Crippen molar-refractivity contribution >= 4 is 17.1 Å². The number of hydrogen-bond acceptors (Lipinski definition) is 5. The zero-order valence-electron chi connectivity index (χ0n) is 11.2. The fourth-order valence-electron chi connectivity index (χ4n) is 1.71. The van der Waals surface area contributed by atoms with E-state index >= 15 is 0 Å². The molecule has 0 aromatic carbocycles. The van der Waals surface area contributed by atoms with Crippen LogP contribution in [0.1, 0.15) is 40.9 Å². The Balaban J connectivity index is 2.38.